The largest absolute Gasteiger partial charge is 0.480 e. The fraction of sp³-hybridized carbons (Fsp3) is 0.278. The average molecular weight is 386 g/mol. The van der Waals surface area contributed by atoms with Crippen molar-refractivity contribution in [3.8, 4) is 23.0 Å². The van der Waals surface area contributed by atoms with Gasteiger partial charge in [-0.25, -0.2) is 18.1 Å². The van der Waals surface area contributed by atoms with Gasteiger partial charge < -0.3 is 9.47 Å². The number of hydrogen-bond acceptors (Lipinski definition) is 7. The number of ether oxygens (including phenoxy) is 2. The number of hydrogen-bond donors (Lipinski definition) is 1. The summed E-state index contributed by atoms with van der Waals surface area (Å²) in [6.45, 7) is 0. The van der Waals surface area contributed by atoms with Crippen LogP contribution in [0.2, 0.25) is 0 Å². The van der Waals surface area contributed by atoms with Crippen LogP contribution in [0.15, 0.2) is 41.6 Å². The summed E-state index contributed by atoms with van der Waals surface area (Å²) in [6, 6.07) is 7.40. The average Bonchev–Trinajstić information content (AvgIpc) is 3.49. The van der Waals surface area contributed by atoms with Gasteiger partial charge in [-0.2, -0.15) is 4.98 Å². The number of rotatable bonds is 6. The van der Waals surface area contributed by atoms with E-state index in [1.165, 1.54) is 20.4 Å². The summed E-state index contributed by atoms with van der Waals surface area (Å²) < 4.78 is 37.7. The van der Waals surface area contributed by atoms with Crippen LogP contribution in [0.5, 0.6) is 11.9 Å². The molecule has 3 aromatic rings. The van der Waals surface area contributed by atoms with E-state index in [0.717, 1.165) is 23.8 Å². The SMILES string of the molecule is COc1ncc(-c2ccc3cc(S(=O)(=O)NC4CC4)cnc3c2)c(OC)n1. The third-order valence-electron chi connectivity index (χ3n) is 4.29. The van der Waals surface area contributed by atoms with E-state index in [-0.39, 0.29) is 16.9 Å². The smallest absolute Gasteiger partial charge is 0.319 e. The van der Waals surface area contributed by atoms with Crippen molar-refractivity contribution in [2.24, 2.45) is 0 Å². The number of pyridine rings is 1. The number of fused-ring (bicyclic) bond motifs is 1. The number of benzene rings is 1. The molecule has 0 aliphatic heterocycles. The molecule has 140 valence electrons. The standard InChI is InChI=1S/C18H18N4O4S/c1-25-17-15(10-20-18(21-17)26-2)11-3-4-12-7-14(9-19-16(12)8-11)27(23,24)22-13-5-6-13/h3-4,7-10,13,22H,5-6H2,1-2H3. The van der Waals surface area contributed by atoms with Gasteiger partial charge in [0.1, 0.15) is 4.90 Å². The summed E-state index contributed by atoms with van der Waals surface area (Å²) in [5.74, 6) is 0.383. The van der Waals surface area contributed by atoms with Gasteiger partial charge in [0.2, 0.25) is 15.9 Å². The summed E-state index contributed by atoms with van der Waals surface area (Å²) in [6.07, 6.45) is 4.76. The summed E-state index contributed by atoms with van der Waals surface area (Å²) in [5, 5.41) is 0.728. The molecule has 1 aliphatic carbocycles. The molecule has 0 radical (unpaired) electrons. The van der Waals surface area contributed by atoms with E-state index < -0.39 is 10.0 Å². The second-order valence-corrected chi connectivity index (χ2v) is 7.97. The van der Waals surface area contributed by atoms with Crippen molar-refractivity contribution in [1.29, 1.82) is 0 Å². The monoisotopic (exact) mass is 386 g/mol. The molecule has 9 heteroatoms. The van der Waals surface area contributed by atoms with Crippen molar-refractivity contribution >= 4 is 20.9 Å². The van der Waals surface area contributed by atoms with Gasteiger partial charge in [-0.15, -0.1) is 0 Å². The molecular weight excluding hydrogens is 368 g/mol. The normalized spacial score (nSPS) is 14.3. The Balaban J connectivity index is 1.72. The zero-order valence-electron chi connectivity index (χ0n) is 14.8. The van der Waals surface area contributed by atoms with Crippen molar-refractivity contribution < 1.29 is 17.9 Å². The molecule has 1 aliphatic rings. The maximum Gasteiger partial charge on any atom is 0.319 e. The van der Waals surface area contributed by atoms with Crippen LogP contribution in [0.4, 0.5) is 0 Å². The van der Waals surface area contributed by atoms with E-state index in [1.807, 2.05) is 18.2 Å². The first-order valence-electron chi connectivity index (χ1n) is 8.38. The van der Waals surface area contributed by atoms with Crippen molar-refractivity contribution in [2.45, 2.75) is 23.8 Å². The lowest BCUT2D eigenvalue weighted by molar-refractivity contribution is 0.353. The van der Waals surface area contributed by atoms with Crippen LogP contribution in [0.25, 0.3) is 22.0 Å². The van der Waals surface area contributed by atoms with Gasteiger partial charge in [0.15, 0.2) is 0 Å². The lowest BCUT2D eigenvalue weighted by atomic mass is 10.1. The van der Waals surface area contributed by atoms with Crippen LogP contribution in [-0.4, -0.2) is 43.6 Å². The summed E-state index contributed by atoms with van der Waals surface area (Å²) in [5.41, 5.74) is 2.16. The van der Waals surface area contributed by atoms with Gasteiger partial charge in [-0.05, 0) is 30.5 Å². The van der Waals surface area contributed by atoms with E-state index >= 15 is 0 Å². The fourth-order valence-electron chi connectivity index (χ4n) is 2.71. The first-order valence-corrected chi connectivity index (χ1v) is 9.86. The highest BCUT2D eigenvalue weighted by atomic mass is 32.2. The Morgan fingerprint density at radius 3 is 2.59 bits per heavy atom. The Morgan fingerprint density at radius 2 is 1.89 bits per heavy atom. The molecule has 2 aromatic heterocycles. The zero-order chi connectivity index (χ0) is 19.0. The number of aromatic nitrogens is 3. The third-order valence-corrected chi connectivity index (χ3v) is 5.77. The summed E-state index contributed by atoms with van der Waals surface area (Å²) in [4.78, 5) is 12.8. The molecule has 0 amide bonds. The van der Waals surface area contributed by atoms with Crippen molar-refractivity contribution in [3.63, 3.8) is 0 Å². The molecule has 1 aromatic carbocycles. The molecule has 0 spiro atoms. The van der Waals surface area contributed by atoms with Crippen LogP contribution in [0.3, 0.4) is 0 Å². The van der Waals surface area contributed by atoms with Crippen molar-refractivity contribution in [3.05, 3.63) is 36.7 Å². The highest BCUT2D eigenvalue weighted by Gasteiger charge is 2.28. The van der Waals surface area contributed by atoms with Gasteiger partial charge in [0, 0.05) is 23.8 Å². The van der Waals surface area contributed by atoms with E-state index in [2.05, 4.69) is 19.7 Å². The molecule has 0 saturated heterocycles. The Hall–Kier alpha value is -2.78. The first kappa shape index (κ1) is 17.6. The molecule has 1 fully saturated rings. The van der Waals surface area contributed by atoms with Crippen LogP contribution in [-0.2, 0) is 10.0 Å². The van der Waals surface area contributed by atoms with Gasteiger partial charge in [0.25, 0.3) is 0 Å². The minimum atomic E-state index is -3.54. The second kappa shape index (κ2) is 6.75. The molecule has 0 unspecified atom stereocenters. The Kier molecular flexibility index (Phi) is 4.40. The molecule has 1 saturated carbocycles. The molecule has 2 heterocycles. The number of nitrogens with zero attached hydrogens (tertiary/aromatic N) is 3. The molecule has 1 N–H and O–H groups in total. The minimum Gasteiger partial charge on any atom is -0.480 e. The highest BCUT2D eigenvalue weighted by molar-refractivity contribution is 7.89. The lowest BCUT2D eigenvalue weighted by Crippen LogP contribution is -2.25. The molecule has 8 nitrogen and oxygen atoms in total. The molecule has 4 rings (SSSR count). The van der Waals surface area contributed by atoms with Crippen molar-refractivity contribution in [2.75, 3.05) is 14.2 Å². The number of nitrogens with one attached hydrogen (secondary N) is 1. The van der Waals surface area contributed by atoms with Gasteiger partial charge in [-0.1, -0.05) is 12.1 Å². The quantitative estimate of drug-likeness (QED) is 0.692. The highest BCUT2D eigenvalue weighted by Crippen LogP contribution is 2.31. The van der Waals surface area contributed by atoms with E-state index in [1.54, 1.807) is 12.3 Å². The molecule has 0 bridgehead atoms. The molecular formula is C18H18N4O4S. The Bertz CT molecular complexity index is 1110. The first-order chi connectivity index (χ1) is 13.0. The predicted octanol–water partition coefficient (Wildman–Crippen LogP) is 2.15. The second-order valence-electron chi connectivity index (χ2n) is 6.25. The zero-order valence-corrected chi connectivity index (χ0v) is 15.7. The topological polar surface area (TPSA) is 103 Å². The fourth-order valence-corrected chi connectivity index (χ4v) is 3.99. The van der Waals surface area contributed by atoms with Crippen LogP contribution in [0.1, 0.15) is 12.8 Å². The minimum absolute atomic E-state index is 0.0515. The molecule has 27 heavy (non-hydrogen) atoms. The van der Waals surface area contributed by atoms with Crippen LogP contribution < -0.4 is 14.2 Å². The predicted molar refractivity (Wildman–Crippen MR) is 99.2 cm³/mol. The van der Waals surface area contributed by atoms with Gasteiger partial charge in [0.05, 0.1) is 25.3 Å². The summed E-state index contributed by atoms with van der Waals surface area (Å²) in [7, 11) is -0.529. The number of sulfonamides is 1. The maximum atomic E-state index is 12.4. The van der Waals surface area contributed by atoms with Crippen LogP contribution in [0, 0.1) is 0 Å². The Morgan fingerprint density at radius 1 is 1.07 bits per heavy atom. The van der Waals surface area contributed by atoms with Crippen molar-refractivity contribution in [1.82, 2.24) is 19.7 Å². The van der Waals surface area contributed by atoms with Crippen LogP contribution >= 0.6 is 0 Å². The van der Waals surface area contributed by atoms with E-state index in [0.29, 0.717) is 17.0 Å². The van der Waals surface area contributed by atoms with E-state index in [9.17, 15) is 8.42 Å². The van der Waals surface area contributed by atoms with Gasteiger partial charge in [-0.3, -0.25) is 4.98 Å². The van der Waals surface area contributed by atoms with Gasteiger partial charge >= 0.3 is 6.01 Å². The molecule has 0 atom stereocenters. The Labute approximate surface area is 156 Å². The van der Waals surface area contributed by atoms with E-state index in [4.69, 9.17) is 9.47 Å². The lowest BCUT2D eigenvalue weighted by Gasteiger charge is -2.10. The summed E-state index contributed by atoms with van der Waals surface area (Å²) >= 11 is 0. The number of methoxy groups -OCH3 is 2. The third kappa shape index (κ3) is 3.56. The maximum absolute atomic E-state index is 12.4.